The smallest absolute Gasteiger partial charge is 0.313 e. The fourth-order valence-electron chi connectivity index (χ4n) is 1.97. The number of hydrogen-bond acceptors (Lipinski definition) is 2. The van der Waals surface area contributed by atoms with Gasteiger partial charge in [-0.1, -0.05) is 45.0 Å². The van der Waals surface area contributed by atoms with E-state index in [0.717, 1.165) is 18.4 Å². The van der Waals surface area contributed by atoms with Crippen LogP contribution in [0.25, 0.3) is 0 Å². The minimum Gasteiger partial charge on any atom is -0.469 e. The van der Waals surface area contributed by atoms with E-state index in [-0.39, 0.29) is 11.9 Å². The Labute approximate surface area is 104 Å². The van der Waals surface area contributed by atoms with E-state index in [1.165, 1.54) is 12.7 Å². The van der Waals surface area contributed by atoms with E-state index in [4.69, 9.17) is 4.74 Å². The number of carbonyl (C=O) groups excluding carboxylic acids is 1. The summed E-state index contributed by atoms with van der Waals surface area (Å²) in [6.07, 6.45) is 1.91. The van der Waals surface area contributed by atoms with Gasteiger partial charge in [0.15, 0.2) is 0 Å². The Morgan fingerprint density at radius 2 is 1.65 bits per heavy atom. The second-order valence-electron chi connectivity index (χ2n) is 4.46. The van der Waals surface area contributed by atoms with E-state index in [9.17, 15) is 4.79 Å². The first-order valence-electron chi connectivity index (χ1n) is 6.31. The highest BCUT2D eigenvalue weighted by atomic mass is 16.5. The van der Waals surface area contributed by atoms with Crippen molar-refractivity contribution in [1.29, 1.82) is 0 Å². The van der Waals surface area contributed by atoms with Crippen LogP contribution in [0.1, 0.15) is 56.6 Å². The second-order valence-corrected chi connectivity index (χ2v) is 4.46. The lowest BCUT2D eigenvalue weighted by Gasteiger charge is -2.14. The van der Waals surface area contributed by atoms with Crippen molar-refractivity contribution in [3.05, 3.63) is 35.4 Å². The highest BCUT2D eigenvalue weighted by molar-refractivity contribution is 5.77. The fraction of sp³-hybridized carbons (Fsp3) is 0.533. The maximum atomic E-state index is 11.6. The maximum absolute atomic E-state index is 11.6. The van der Waals surface area contributed by atoms with Crippen molar-refractivity contribution in [2.45, 2.75) is 45.4 Å². The SMILES string of the molecule is CCC(C)c1ccc(C(CC)C(=O)OC)cc1. The van der Waals surface area contributed by atoms with Crippen molar-refractivity contribution in [2.75, 3.05) is 7.11 Å². The van der Waals surface area contributed by atoms with Gasteiger partial charge in [0.2, 0.25) is 0 Å². The van der Waals surface area contributed by atoms with Crippen LogP contribution in [0.4, 0.5) is 0 Å². The number of rotatable bonds is 5. The van der Waals surface area contributed by atoms with Gasteiger partial charge in [-0.25, -0.2) is 0 Å². The highest BCUT2D eigenvalue weighted by Gasteiger charge is 2.19. The van der Waals surface area contributed by atoms with Crippen molar-refractivity contribution < 1.29 is 9.53 Å². The molecule has 0 bridgehead atoms. The maximum Gasteiger partial charge on any atom is 0.313 e. The number of carbonyl (C=O) groups is 1. The molecule has 94 valence electrons. The molecule has 0 fully saturated rings. The molecule has 1 aromatic carbocycles. The van der Waals surface area contributed by atoms with E-state index in [1.54, 1.807) is 0 Å². The molecule has 0 heterocycles. The first-order valence-corrected chi connectivity index (χ1v) is 6.31. The molecule has 17 heavy (non-hydrogen) atoms. The summed E-state index contributed by atoms with van der Waals surface area (Å²) in [5, 5.41) is 0. The predicted octanol–water partition coefficient (Wildman–Crippen LogP) is 3.87. The molecule has 0 saturated carbocycles. The van der Waals surface area contributed by atoms with Crippen molar-refractivity contribution in [1.82, 2.24) is 0 Å². The van der Waals surface area contributed by atoms with Gasteiger partial charge >= 0.3 is 5.97 Å². The summed E-state index contributed by atoms with van der Waals surface area (Å²) in [5.74, 6) is 0.289. The van der Waals surface area contributed by atoms with Gasteiger partial charge < -0.3 is 4.74 Å². The van der Waals surface area contributed by atoms with Crippen LogP contribution in [-0.4, -0.2) is 13.1 Å². The Balaban J connectivity index is 2.89. The lowest BCUT2D eigenvalue weighted by atomic mass is 9.92. The molecule has 0 aliphatic rings. The quantitative estimate of drug-likeness (QED) is 0.723. The third-order valence-corrected chi connectivity index (χ3v) is 3.41. The van der Waals surface area contributed by atoms with Crippen LogP contribution in [0.2, 0.25) is 0 Å². The fourth-order valence-corrected chi connectivity index (χ4v) is 1.97. The Hall–Kier alpha value is -1.31. The standard InChI is InChI=1S/C15H22O2/c1-5-11(3)12-7-9-13(10-8-12)14(6-2)15(16)17-4/h7-11,14H,5-6H2,1-4H3. The van der Waals surface area contributed by atoms with Gasteiger partial charge in [-0.15, -0.1) is 0 Å². The summed E-state index contributed by atoms with van der Waals surface area (Å²) in [7, 11) is 1.44. The van der Waals surface area contributed by atoms with E-state index >= 15 is 0 Å². The van der Waals surface area contributed by atoms with Crippen LogP contribution in [0.3, 0.4) is 0 Å². The number of methoxy groups -OCH3 is 1. The highest BCUT2D eigenvalue weighted by Crippen LogP contribution is 2.24. The zero-order chi connectivity index (χ0) is 12.8. The van der Waals surface area contributed by atoms with Crippen molar-refractivity contribution in [2.24, 2.45) is 0 Å². The van der Waals surface area contributed by atoms with E-state index in [0.29, 0.717) is 5.92 Å². The summed E-state index contributed by atoms with van der Waals surface area (Å²) in [5.41, 5.74) is 2.38. The molecular weight excluding hydrogens is 212 g/mol. The molecule has 0 aliphatic carbocycles. The molecular formula is C15H22O2. The third-order valence-electron chi connectivity index (χ3n) is 3.41. The number of hydrogen-bond donors (Lipinski definition) is 0. The van der Waals surface area contributed by atoms with E-state index < -0.39 is 0 Å². The molecule has 2 unspecified atom stereocenters. The van der Waals surface area contributed by atoms with Crippen molar-refractivity contribution in [3.8, 4) is 0 Å². The first kappa shape index (κ1) is 13.8. The van der Waals surface area contributed by atoms with Gasteiger partial charge in [0.25, 0.3) is 0 Å². The van der Waals surface area contributed by atoms with Crippen LogP contribution in [0.15, 0.2) is 24.3 Å². The molecule has 0 amide bonds. The molecule has 2 nitrogen and oxygen atoms in total. The molecule has 0 saturated heterocycles. The lowest BCUT2D eigenvalue weighted by molar-refractivity contribution is -0.142. The average molecular weight is 234 g/mol. The summed E-state index contributed by atoms with van der Waals surface area (Å²) in [6, 6.07) is 8.34. The van der Waals surface area contributed by atoms with Gasteiger partial charge in [0.1, 0.15) is 0 Å². The summed E-state index contributed by atoms with van der Waals surface area (Å²) in [6.45, 7) is 6.40. The molecule has 0 spiro atoms. The number of ether oxygens (including phenoxy) is 1. The number of esters is 1. The Morgan fingerprint density at radius 3 is 2.06 bits per heavy atom. The zero-order valence-corrected chi connectivity index (χ0v) is 11.2. The molecule has 1 aromatic rings. The van der Waals surface area contributed by atoms with Crippen molar-refractivity contribution >= 4 is 5.97 Å². The normalized spacial score (nSPS) is 14.1. The molecule has 1 rings (SSSR count). The minimum absolute atomic E-state index is 0.133. The third kappa shape index (κ3) is 3.32. The second kappa shape index (κ2) is 6.43. The van der Waals surface area contributed by atoms with Crippen LogP contribution in [-0.2, 0) is 9.53 Å². The predicted molar refractivity (Wildman–Crippen MR) is 70.2 cm³/mol. The summed E-state index contributed by atoms with van der Waals surface area (Å²) < 4.78 is 4.82. The molecule has 0 N–H and O–H groups in total. The van der Waals surface area contributed by atoms with Crippen LogP contribution < -0.4 is 0 Å². The van der Waals surface area contributed by atoms with E-state index in [1.807, 2.05) is 19.1 Å². The largest absolute Gasteiger partial charge is 0.469 e. The topological polar surface area (TPSA) is 26.3 Å². The Bertz CT molecular complexity index is 354. The number of benzene rings is 1. The van der Waals surface area contributed by atoms with Gasteiger partial charge in [0, 0.05) is 0 Å². The van der Waals surface area contributed by atoms with Gasteiger partial charge in [0.05, 0.1) is 13.0 Å². The average Bonchev–Trinajstić information content (AvgIpc) is 2.39. The molecule has 0 radical (unpaired) electrons. The molecule has 0 aliphatic heterocycles. The molecule has 0 aromatic heterocycles. The molecule has 2 atom stereocenters. The van der Waals surface area contributed by atoms with Crippen LogP contribution in [0.5, 0.6) is 0 Å². The summed E-state index contributed by atoms with van der Waals surface area (Å²) in [4.78, 5) is 11.6. The Kier molecular flexibility index (Phi) is 5.20. The lowest BCUT2D eigenvalue weighted by Crippen LogP contribution is -2.13. The Morgan fingerprint density at radius 1 is 1.12 bits per heavy atom. The monoisotopic (exact) mass is 234 g/mol. The van der Waals surface area contributed by atoms with Crippen molar-refractivity contribution in [3.63, 3.8) is 0 Å². The minimum atomic E-state index is -0.149. The zero-order valence-electron chi connectivity index (χ0n) is 11.2. The summed E-state index contributed by atoms with van der Waals surface area (Å²) >= 11 is 0. The van der Waals surface area contributed by atoms with Gasteiger partial charge in [-0.05, 0) is 29.9 Å². The molecule has 2 heteroatoms. The van der Waals surface area contributed by atoms with E-state index in [2.05, 4.69) is 26.0 Å². The van der Waals surface area contributed by atoms with Gasteiger partial charge in [-0.3, -0.25) is 4.79 Å². The van der Waals surface area contributed by atoms with Crippen LogP contribution in [0, 0.1) is 0 Å². The first-order chi connectivity index (χ1) is 8.13. The van der Waals surface area contributed by atoms with Crippen LogP contribution >= 0.6 is 0 Å². The van der Waals surface area contributed by atoms with Gasteiger partial charge in [-0.2, -0.15) is 0 Å².